The number of hydrogen-bond donors (Lipinski definition) is 1. The first-order chi connectivity index (χ1) is 14.7. The number of carbonyl (C=O) groups excluding carboxylic acids is 3. The van der Waals surface area contributed by atoms with Gasteiger partial charge in [-0.05, 0) is 74.5 Å². The van der Waals surface area contributed by atoms with Gasteiger partial charge in [0.2, 0.25) is 0 Å². The third-order valence-electron chi connectivity index (χ3n) is 5.13. The number of ether oxygens (including phenoxy) is 1. The molecule has 1 aliphatic heterocycles. The summed E-state index contributed by atoms with van der Waals surface area (Å²) in [4.78, 5) is 38.3. The zero-order valence-electron chi connectivity index (χ0n) is 17.8. The van der Waals surface area contributed by atoms with Crippen molar-refractivity contribution in [1.29, 1.82) is 0 Å². The molecule has 0 bridgehead atoms. The third-order valence-corrected chi connectivity index (χ3v) is 5.45. The molecule has 1 aliphatic rings. The Hall–Kier alpha value is -3.52. The number of nitrogens with zero attached hydrogens (tertiary/aromatic N) is 2. The van der Waals surface area contributed by atoms with Crippen molar-refractivity contribution in [3.63, 3.8) is 0 Å². The lowest BCUT2D eigenvalue weighted by atomic mass is 10.1. The molecule has 31 heavy (non-hydrogen) atoms. The second-order valence-electron chi connectivity index (χ2n) is 7.18. The Morgan fingerprint density at radius 2 is 1.94 bits per heavy atom. The van der Waals surface area contributed by atoms with Crippen LogP contribution in [0, 0.1) is 20.8 Å². The van der Waals surface area contributed by atoms with Crippen LogP contribution < -0.4 is 5.32 Å². The van der Waals surface area contributed by atoms with E-state index in [-0.39, 0.29) is 17.2 Å². The summed E-state index contributed by atoms with van der Waals surface area (Å²) >= 11 is 5.09. The molecule has 0 unspecified atom stereocenters. The van der Waals surface area contributed by atoms with Gasteiger partial charge in [0, 0.05) is 23.6 Å². The fraction of sp³-hybridized carbons (Fsp3) is 0.217. The minimum atomic E-state index is -0.529. The molecular weight excluding hydrogens is 414 g/mol. The van der Waals surface area contributed by atoms with Crippen LogP contribution >= 0.6 is 12.2 Å². The maximum Gasteiger partial charge on any atom is 0.337 e. The minimum Gasteiger partial charge on any atom is -0.465 e. The summed E-state index contributed by atoms with van der Waals surface area (Å²) in [7, 11) is 1.34. The molecule has 7 nitrogen and oxygen atoms in total. The van der Waals surface area contributed by atoms with Gasteiger partial charge in [0.05, 0.1) is 12.7 Å². The summed E-state index contributed by atoms with van der Waals surface area (Å²) < 4.78 is 6.80. The van der Waals surface area contributed by atoms with Crippen molar-refractivity contribution in [2.45, 2.75) is 20.8 Å². The molecule has 8 heteroatoms. The number of rotatable bonds is 5. The van der Waals surface area contributed by atoms with Crippen LogP contribution in [0.25, 0.3) is 11.8 Å². The van der Waals surface area contributed by atoms with E-state index in [9.17, 15) is 14.4 Å². The predicted octanol–water partition coefficient (Wildman–Crippen LogP) is 3.00. The largest absolute Gasteiger partial charge is 0.465 e. The van der Waals surface area contributed by atoms with Gasteiger partial charge in [0.15, 0.2) is 5.11 Å². The van der Waals surface area contributed by atoms with Crippen LogP contribution in [0.1, 0.15) is 32.9 Å². The highest BCUT2D eigenvalue weighted by atomic mass is 32.1. The number of nitrogens with one attached hydrogen (secondary N) is 1. The van der Waals surface area contributed by atoms with Gasteiger partial charge in [-0.15, -0.1) is 6.58 Å². The summed E-state index contributed by atoms with van der Waals surface area (Å²) in [6.45, 7) is 9.59. The predicted molar refractivity (Wildman–Crippen MR) is 122 cm³/mol. The van der Waals surface area contributed by atoms with Crippen LogP contribution in [0.3, 0.4) is 0 Å². The Bertz CT molecular complexity index is 1160. The number of aromatic nitrogens is 1. The van der Waals surface area contributed by atoms with Gasteiger partial charge in [-0.3, -0.25) is 19.8 Å². The molecule has 1 N–H and O–H groups in total. The molecule has 2 aromatic rings. The van der Waals surface area contributed by atoms with E-state index < -0.39 is 17.8 Å². The number of aryl methyl sites for hydroxylation is 2. The fourth-order valence-corrected chi connectivity index (χ4v) is 3.85. The highest BCUT2D eigenvalue weighted by Crippen LogP contribution is 2.26. The van der Waals surface area contributed by atoms with Gasteiger partial charge in [-0.2, -0.15) is 0 Å². The molecule has 0 radical (unpaired) electrons. The third kappa shape index (κ3) is 4.06. The van der Waals surface area contributed by atoms with Crippen molar-refractivity contribution in [1.82, 2.24) is 14.8 Å². The monoisotopic (exact) mass is 437 g/mol. The molecule has 1 fully saturated rings. The van der Waals surface area contributed by atoms with E-state index in [1.807, 2.05) is 37.5 Å². The Morgan fingerprint density at radius 1 is 1.23 bits per heavy atom. The zero-order valence-corrected chi connectivity index (χ0v) is 18.6. The minimum absolute atomic E-state index is 0.00783. The van der Waals surface area contributed by atoms with E-state index >= 15 is 0 Å². The van der Waals surface area contributed by atoms with Crippen molar-refractivity contribution in [3.8, 4) is 5.69 Å². The van der Waals surface area contributed by atoms with Gasteiger partial charge in [-0.25, -0.2) is 4.79 Å². The summed E-state index contributed by atoms with van der Waals surface area (Å²) in [5.41, 5.74) is 4.76. The molecule has 1 aromatic heterocycles. The summed E-state index contributed by atoms with van der Waals surface area (Å²) in [6, 6.07) is 7.23. The highest BCUT2D eigenvalue weighted by Gasteiger charge is 2.33. The van der Waals surface area contributed by atoms with Crippen LogP contribution in [0.2, 0.25) is 0 Å². The number of amides is 2. The Kier molecular flexibility index (Phi) is 6.21. The average molecular weight is 438 g/mol. The first-order valence-corrected chi connectivity index (χ1v) is 9.98. The number of esters is 1. The molecule has 0 spiro atoms. The molecule has 2 heterocycles. The van der Waals surface area contributed by atoms with Crippen LogP contribution in [0.15, 0.2) is 42.5 Å². The molecule has 160 valence electrons. The molecule has 0 aliphatic carbocycles. The fourth-order valence-electron chi connectivity index (χ4n) is 3.60. The van der Waals surface area contributed by atoms with E-state index in [2.05, 4.69) is 11.9 Å². The molecule has 0 atom stereocenters. The first kappa shape index (κ1) is 22.2. The van der Waals surface area contributed by atoms with E-state index in [0.717, 1.165) is 28.2 Å². The second-order valence-corrected chi connectivity index (χ2v) is 7.56. The summed E-state index contributed by atoms with van der Waals surface area (Å²) in [6.07, 6.45) is 3.12. The number of methoxy groups -OCH3 is 1. The van der Waals surface area contributed by atoms with E-state index in [0.29, 0.717) is 5.56 Å². The maximum atomic E-state index is 12.8. The van der Waals surface area contributed by atoms with Crippen molar-refractivity contribution in [2.24, 2.45) is 0 Å². The molecule has 3 rings (SSSR count). The smallest absolute Gasteiger partial charge is 0.337 e. The molecular formula is C23H23N3O4S. The lowest BCUT2D eigenvalue weighted by Crippen LogP contribution is -2.53. The quantitative estimate of drug-likeness (QED) is 0.256. The van der Waals surface area contributed by atoms with E-state index in [1.165, 1.54) is 12.0 Å². The van der Waals surface area contributed by atoms with Gasteiger partial charge in [-0.1, -0.05) is 6.08 Å². The number of carbonyl (C=O) groups is 3. The van der Waals surface area contributed by atoms with Crippen molar-refractivity contribution in [3.05, 3.63) is 70.6 Å². The van der Waals surface area contributed by atoms with E-state index in [4.69, 9.17) is 17.0 Å². The maximum absolute atomic E-state index is 12.8. The molecule has 1 saturated heterocycles. The van der Waals surface area contributed by atoms with Gasteiger partial charge < -0.3 is 9.30 Å². The lowest BCUT2D eigenvalue weighted by Gasteiger charge is -2.27. The lowest BCUT2D eigenvalue weighted by molar-refractivity contribution is -0.128. The second kappa shape index (κ2) is 8.69. The van der Waals surface area contributed by atoms with Crippen molar-refractivity contribution < 1.29 is 19.1 Å². The van der Waals surface area contributed by atoms with Gasteiger partial charge in [0.25, 0.3) is 11.8 Å². The van der Waals surface area contributed by atoms with Crippen molar-refractivity contribution >= 4 is 41.2 Å². The average Bonchev–Trinajstić information content (AvgIpc) is 3.00. The molecule has 0 saturated carbocycles. The number of benzene rings is 1. The molecule has 2 amide bonds. The van der Waals surface area contributed by atoms with Gasteiger partial charge >= 0.3 is 5.97 Å². The summed E-state index contributed by atoms with van der Waals surface area (Å²) in [5, 5.41) is 2.62. The zero-order chi connectivity index (χ0) is 22.9. The first-order valence-electron chi connectivity index (χ1n) is 9.57. The Balaban J connectivity index is 2.05. The topological polar surface area (TPSA) is 80.6 Å². The van der Waals surface area contributed by atoms with E-state index in [1.54, 1.807) is 24.3 Å². The SMILES string of the molecule is C=CCN1C(=O)C(=Cc2cc(C)n(-c3ccc(C(=O)OC)cc3C)c2C)C(=O)NC1=S. The van der Waals surface area contributed by atoms with Crippen LogP contribution in [0.5, 0.6) is 0 Å². The Morgan fingerprint density at radius 3 is 2.55 bits per heavy atom. The van der Waals surface area contributed by atoms with Gasteiger partial charge in [0.1, 0.15) is 5.57 Å². The highest BCUT2D eigenvalue weighted by molar-refractivity contribution is 7.80. The standard InChI is InChI=1S/C23H23N3O4S/c1-6-9-25-21(28)18(20(27)24-23(25)31)12-17-11-14(3)26(15(17)4)19-8-7-16(10-13(19)2)22(29)30-5/h6-8,10-12H,1,9H2,2-5H3,(H,24,27,31). The number of thiocarbonyl (C=S) groups is 1. The number of hydrogen-bond acceptors (Lipinski definition) is 5. The van der Waals surface area contributed by atoms with Crippen molar-refractivity contribution in [2.75, 3.05) is 13.7 Å². The van der Waals surface area contributed by atoms with Crippen LogP contribution in [-0.4, -0.2) is 46.0 Å². The van der Waals surface area contributed by atoms with Crippen LogP contribution in [0.4, 0.5) is 0 Å². The summed E-state index contributed by atoms with van der Waals surface area (Å²) in [5.74, 6) is -1.39. The Labute approximate surface area is 186 Å². The molecule has 1 aromatic carbocycles. The van der Waals surface area contributed by atoms with Crippen LogP contribution in [-0.2, 0) is 14.3 Å². The normalized spacial score (nSPS) is 15.3.